The molecule has 0 unspecified atom stereocenters. The molecule has 4 rings (SSSR count). The lowest BCUT2D eigenvalue weighted by molar-refractivity contribution is -0.150. The largest absolute Gasteiger partial charge is 0.342 e. The van der Waals surface area contributed by atoms with Gasteiger partial charge in [-0.2, -0.15) is 0 Å². The van der Waals surface area contributed by atoms with Gasteiger partial charge in [-0.15, -0.1) is 0 Å². The average molecular weight is 653 g/mol. The van der Waals surface area contributed by atoms with Crippen molar-refractivity contribution in [2.75, 3.05) is 52.4 Å². The number of nitrogens with zero attached hydrogens (tertiary/aromatic N) is 4. The van der Waals surface area contributed by atoms with Gasteiger partial charge in [0.05, 0.1) is 0 Å². The van der Waals surface area contributed by atoms with E-state index in [1.807, 2.05) is 103 Å². The zero-order valence-corrected chi connectivity index (χ0v) is 31.4. The van der Waals surface area contributed by atoms with E-state index in [1.54, 1.807) is 0 Å². The predicted octanol–water partition coefficient (Wildman–Crippen LogP) is 7.46. The highest BCUT2D eigenvalue weighted by Gasteiger charge is 2.40. The van der Waals surface area contributed by atoms with Crippen LogP contribution in [0, 0.1) is 38.9 Å². The highest BCUT2D eigenvalue weighted by molar-refractivity contribution is 5.83. The third-order valence-electron chi connectivity index (χ3n) is 7.94. The molecule has 8 nitrogen and oxygen atoms in total. The van der Waals surface area contributed by atoms with E-state index in [1.165, 1.54) is 6.42 Å². The van der Waals surface area contributed by atoms with Crippen molar-refractivity contribution in [2.24, 2.45) is 38.9 Å². The molecular formula is C38H76N4O4. The summed E-state index contributed by atoms with van der Waals surface area (Å²) in [6.45, 7) is 40.0. The molecule has 4 heterocycles. The minimum atomic E-state index is -0.212. The fourth-order valence-electron chi connectivity index (χ4n) is 5.28. The Morgan fingerprint density at radius 2 is 0.717 bits per heavy atom. The first kappa shape index (κ1) is 46.0. The maximum Gasteiger partial charge on any atom is 0.227 e. The fraction of sp³-hybridized carbons (Fsp3) is 0.895. The zero-order valence-electron chi connectivity index (χ0n) is 31.4. The SMILES string of the molecule is C.C.CC(C)(C)C(=O)N1CCC1.CC1(C)CN(C(=O)C(C)(C)C)C1.CC1CN(C(=O)C(C)(C)C)C1.CC1CN(C(=O)C(C)(C)C)C1. The molecule has 46 heavy (non-hydrogen) atoms. The second-order valence-corrected chi connectivity index (χ2v) is 18.6. The highest BCUT2D eigenvalue weighted by atomic mass is 16.2. The van der Waals surface area contributed by atoms with Gasteiger partial charge in [-0.1, -0.05) is 126 Å². The highest BCUT2D eigenvalue weighted by Crippen LogP contribution is 2.32. The summed E-state index contributed by atoms with van der Waals surface area (Å²) >= 11 is 0. The lowest BCUT2D eigenvalue weighted by atomic mass is 9.82. The summed E-state index contributed by atoms with van der Waals surface area (Å²) in [7, 11) is 0. The number of carbonyl (C=O) groups is 4. The molecule has 0 N–H and O–H groups in total. The van der Waals surface area contributed by atoms with Crippen LogP contribution in [0.25, 0.3) is 0 Å². The molecule has 4 saturated heterocycles. The number of carbonyl (C=O) groups excluding carboxylic acids is 4. The summed E-state index contributed by atoms with van der Waals surface area (Å²) < 4.78 is 0. The Labute approximate surface area is 285 Å². The molecule has 4 amide bonds. The fourth-order valence-corrected chi connectivity index (χ4v) is 5.28. The quantitative estimate of drug-likeness (QED) is 0.272. The summed E-state index contributed by atoms with van der Waals surface area (Å²) in [6.07, 6.45) is 1.18. The van der Waals surface area contributed by atoms with Crippen molar-refractivity contribution in [1.82, 2.24) is 19.6 Å². The third-order valence-corrected chi connectivity index (χ3v) is 7.94. The molecule has 0 atom stereocenters. The van der Waals surface area contributed by atoms with E-state index in [9.17, 15) is 19.2 Å². The van der Waals surface area contributed by atoms with Crippen molar-refractivity contribution < 1.29 is 19.2 Å². The molecule has 0 aromatic carbocycles. The van der Waals surface area contributed by atoms with Crippen LogP contribution in [0.2, 0.25) is 0 Å². The van der Waals surface area contributed by atoms with Crippen LogP contribution < -0.4 is 0 Å². The molecule has 4 fully saturated rings. The Morgan fingerprint density at radius 1 is 0.478 bits per heavy atom. The number of hydrogen-bond acceptors (Lipinski definition) is 4. The van der Waals surface area contributed by atoms with E-state index in [4.69, 9.17) is 0 Å². The summed E-state index contributed by atoms with van der Waals surface area (Å²) in [5, 5.41) is 0. The van der Waals surface area contributed by atoms with Crippen LogP contribution in [0.15, 0.2) is 0 Å². The number of amides is 4. The zero-order chi connectivity index (χ0) is 34.6. The first-order valence-electron chi connectivity index (χ1n) is 16.7. The van der Waals surface area contributed by atoms with E-state index in [0.29, 0.717) is 23.2 Å². The van der Waals surface area contributed by atoms with E-state index in [-0.39, 0.29) is 54.2 Å². The summed E-state index contributed by atoms with van der Waals surface area (Å²) in [6, 6.07) is 0. The lowest BCUT2D eigenvalue weighted by Gasteiger charge is -2.48. The molecule has 0 bridgehead atoms. The standard InChI is InChI=1S/C10H19NO.2C9H17NO.C8H15NO.2CH4/c1-9(2,3)8(12)11-6-10(4,5)7-11;2*1-7-5-10(6-7)8(11)9(2,3)4;1-8(2,3)7(10)9-5-4-6-9;;/h6-7H2,1-5H3;2*7H,5-6H2,1-4H3;4-6H2,1-3H3;2*1H4. The predicted molar refractivity (Wildman–Crippen MR) is 194 cm³/mol. The Hall–Kier alpha value is -2.12. The van der Waals surface area contributed by atoms with Crippen molar-refractivity contribution in [3.63, 3.8) is 0 Å². The van der Waals surface area contributed by atoms with Crippen LogP contribution in [0.4, 0.5) is 0 Å². The Balaban J connectivity index is 0. The maximum absolute atomic E-state index is 11.7. The van der Waals surface area contributed by atoms with Crippen LogP contribution in [0.3, 0.4) is 0 Å². The monoisotopic (exact) mass is 653 g/mol. The smallest absolute Gasteiger partial charge is 0.227 e. The molecule has 0 radical (unpaired) electrons. The Morgan fingerprint density at radius 3 is 0.870 bits per heavy atom. The van der Waals surface area contributed by atoms with Crippen molar-refractivity contribution in [2.45, 2.75) is 132 Å². The maximum atomic E-state index is 11.7. The lowest BCUT2D eigenvalue weighted by Crippen LogP contribution is -2.58. The minimum Gasteiger partial charge on any atom is -0.342 e. The third kappa shape index (κ3) is 14.3. The topological polar surface area (TPSA) is 81.2 Å². The van der Waals surface area contributed by atoms with Gasteiger partial charge in [-0.3, -0.25) is 19.2 Å². The van der Waals surface area contributed by atoms with Crippen molar-refractivity contribution >= 4 is 23.6 Å². The van der Waals surface area contributed by atoms with Crippen LogP contribution in [0.1, 0.15) is 132 Å². The first-order chi connectivity index (χ1) is 19.6. The van der Waals surface area contributed by atoms with Crippen LogP contribution >= 0.6 is 0 Å². The minimum absolute atomic E-state index is 0. The van der Waals surface area contributed by atoms with Gasteiger partial charge in [0.1, 0.15) is 0 Å². The van der Waals surface area contributed by atoms with Gasteiger partial charge in [0.25, 0.3) is 0 Å². The van der Waals surface area contributed by atoms with Gasteiger partial charge in [0.2, 0.25) is 23.6 Å². The van der Waals surface area contributed by atoms with Gasteiger partial charge in [-0.05, 0) is 23.7 Å². The normalized spacial score (nSPS) is 19.2. The molecule has 4 aliphatic heterocycles. The number of likely N-dealkylation sites (tertiary alicyclic amines) is 4. The van der Waals surface area contributed by atoms with Crippen molar-refractivity contribution in [3.05, 3.63) is 0 Å². The second kappa shape index (κ2) is 16.8. The Bertz CT molecular complexity index is 944. The van der Waals surface area contributed by atoms with E-state index in [2.05, 4.69) is 27.7 Å². The van der Waals surface area contributed by atoms with Gasteiger partial charge >= 0.3 is 0 Å². The molecule has 272 valence electrons. The molecule has 0 saturated carbocycles. The average Bonchev–Trinajstić information content (AvgIpc) is 2.74. The van der Waals surface area contributed by atoms with Gasteiger partial charge < -0.3 is 19.6 Å². The molecule has 0 aromatic heterocycles. The number of rotatable bonds is 0. The van der Waals surface area contributed by atoms with E-state index < -0.39 is 0 Å². The number of hydrogen-bond donors (Lipinski definition) is 0. The van der Waals surface area contributed by atoms with Crippen LogP contribution in [0.5, 0.6) is 0 Å². The van der Waals surface area contributed by atoms with Gasteiger partial charge in [-0.25, -0.2) is 0 Å². The van der Waals surface area contributed by atoms with Crippen molar-refractivity contribution in [1.29, 1.82) is 0 Å². The van der Waals surface area contributed by atoms with Crippen molar-refractivity contribution in [3.8, 4) is 0 Å². The second-order valence-electron chi connectivity index (χ2n) is 18.6. The summed E-state index contributed by atoms with van der Waals surface area (Å²) in [5.74, 6) is 2.56. The molecule has 0 aliphatic carbocycles. The molecular weight excluding hydrogens is 576 g/mol. The summed E-state index contributed by atoms with van der Waals surface area (Å²) in [4.78, 5) is 53.8. The van der Waals surface area contributed by atoms with E-state index >= 15 is 0 Å². The van der Waals surface area contributed by atoms with E-state index in [0.717, 1.165) is 52.4 Å². The van der Waals surface area contributed by atoms with Gasteiger partial charge in [0.15, 0.2) is 0 Å². The van der Waals surface area contributed by atoms with Gasteiger partial charge in [0, 0.05) is 74.0 Å². The first-order valence-corrected chi connectivity index (χ1v) is 16.7. The molecule has 0 aromatic rings. The molecule has 4 aliphatic rings. The Kier molecular flexibility index (Phi) is 16.8. The molecule has 0 spiro atoms. The van der Waals surface area contributed by atoms with Crippen LogP contribution in [-0.4, -0.2) is 95.6 Å². The van der Waals surface area contributed by atoms with Crippen LogP contribution in [-0.2, 0) is 19.2 Å². The molecule has 8 heteroatoms. The summed E-state index contributed by atoms with van der Waals surface area (Å²) in [5.41, 5.74) is -0.432.